The Kier molecular flexibility index (Phi) is 4.81. The van der Waals surface area contributed by atoms with Gasteiger partial charge < -0.3 is 0 Å². The average Bonchev–Trinajstić information content (AvgIpc) is 2.69. The van der Waals surface area contributed by atoms with Gasteiger partial charge in [0, 0.05) is 17.1 Å². The molecule has 1 aromatic carbocycles. The first-order valence-corrected chi connectivity index (χ1v) is 8.02. The minimum Gasteiger partial charge on any atom is -0.294 e. The van der Waals surface area contributed by atoms with Crippen LogP contribution >= 0.6 is 31.9 Å². The van der Waals surface area contributed by atoms with Crippen molar-refractivity contribution in [1.29, 1.82) is 0 Å². The molecule has 0 aliphatic heterocycles. The van der Waals surface area contributed by atoms with Gasteiger partial charge in [-0.15, -0.1) is 0 Å². The van der Waals surface area contributed by atoms with Crippen LogP contribution in [0, 0.1) is 6.92 Å². The van der Waals surface area contributed by atoms with Crippen LogP contribution in [0.4, 0.5) is 0 Å². The van der Waals surface area contributed by atoms with Gasteiger partial charge in [-0.2, -0.15) is 5.10 Å². The Bertz CT molecular complexity index is 662. The summed E-state index contributed by atoms with van der Waals surface area (Å²) in [6.07, 6.45) is 1.20. The molecule has 0 bridgehead atoms. The Labute approximate surface area is 135 Å². The van der Waals surface area contributed by atoms with Gasteiger partial charge in [0.2, 0.25) is 0 Å². The van der Waals surface area contributed by atoms with Gasteiger partial charge in [0.1, 0.15) is 0 Å². The Hall–Kier alpha value is -0.940. The van der Waals surface area contributed by atoms with Crippen molar-refractivity contribution in [3.63, 3.8) is 0 Å². The highest BCUT2D eigenvalue weighted by molar-refractivity contribution is 9.10. The maximum atomic E-state index is 12.4. The van der Waals surface area contributed by atoms with Gasteiger partial charge in [-0.25, -0.2) is 0 Å². The molecule has 5 heteroatoms. The molecule has 1 aromatic heterocycles. The zero-order valence-electron chi connectivity index (χ0n) is 11.7. The predicted molar refractivity (Wildman–Crippen MR) is 87.2 cm³/mol. The van der Waals surface area contributed by atoms with Crippen molar-refractivity contribution in [3.05, 3.63) is 49.7 Å². The quantitative estimate of drug-likeness (QED) is 0.720. The molecule has 2 aromatic rings. The van der Waals surface area contributed by atoms with Crippen LogP contribution in [-0.2, 0) is 19.9 Å². The fourth-order valence-electron chi connectivity index (χ4n) is 2.08. The van der Waals surface area contributed by atoms with E-state index in [1.807, 2.05) is 32.2 Å². The van der Waals surface area contributed by atoms with Crippen molar-refractivity contribution in [2.45, 2.75) is 26.7 Å². The second-order valence-electron chi connectivity index (χ2n) is 4.75. The first kappa shape index (κ1) is 15.4. The summed E-state index contributed by atoms with van der Waals surface area (Å²) in [5, 5.41) is 4.42. The molecule has 2 rings (SSSR count). The van der Waals surface area contributed by atoms with Gasteiger partial charge in [-0.05, 0) is 47.0 Å². The number of halogens is 2. The van der Waals surface area contributed by atoms with Gasteiger partial charge in [0.15, 0.2) is 5.78 Å². The van der Waals surface area contributed by atoms with E-state index in [1.54, 1.807) is 4.68 Å². The van der Waals surface area contributed by atoms with Crippen molar-refractivity contribution in [3.8, 4) is 0 Å². The fourth-order valence-corrected chi connectivity index (χ4v) is 3.09. The van der Waals surface area contributed by atoms with E-state index in [4.69, 9.17) is 0 Å². The first-order valence-electron chi connectivity index (χ1n) is 6.43. The molecule has 1 heterocycles. The van der Waals surface area contributed by atoms with Crippen LogP contribution in [0.2, 0.25) is 0 Å². The molecule has 0 amide bonds. The second-order valence-corrected chi connectivity index (χ2v) is 6.40. The molecular formula is C15H16Br2N2O. The zero-order valence-corrected chi connectivity index (χ0v) is 14.9. The molecular weight excluding hydrogens is 384 g/mol. The van der Waals surface area contributed by atoms with Crippen LogP contribution in [0.5, 0.6) is 0 Å². The molecule has 0 radical (unpaired) electrons. The van der Waals surface area contributed by atoms with Gasteiger partial charge in [0.05, 0.1) is 22.3 Å². The number of carbonyl (C=O) groups is 1. The van der Waals surface area contributed by atoms with Crippen LogP contribution in [-0.4, -0.2) is 15.6 Å². The number of benzene rings is 1. The van der Waals surface area contributed by atoms with E-state index in [1.165, 1.54) is 0 Å². The van der Waals surface area contributed by atoms with Gasteiger partial charge in [0.25, 0.3) is 0 Å². The first-order chi connectivity index (χ1) is 9.43. The summed E-state index contributed by atoms with van der Waals surface area (Å²) in [5.74, 6) is 0.104. The van der Waals surface area contributed by atoms with E-state index >= 15 is 0 Å². The van der Waals surface area contributed by atoms with E-state index in [2.05, 4.69) is 43.9 Å². The van der Waals surface area contributed by atoms with Crippen LogP contribution < -0.4 is 0 Å². The Balaban J connectivity index is 2.28. The van der Waals surface area contributed by atoms with E-state index in [0.29, 0.717) is 6.42 Å². The minimum absolute atomic E-state index is 0.104. The highest BCUT2D eigenvalue weighted by Gasteiger charge is 2.17. The van der Waals surface area contributed by atoms with Crippen LogP contribution in [0.25, 0.3) is 0 Å². The number of carbonyl (C=O) groups excluding carboxylic acids is 1. The number of Topliss-reactive ketones (excluding diaryl/α,β-unsaturated/α-hetero) is 1. The summed E-state index contributed by atoms with van der Waals surface area (Å²) in [6, 6.07) is 5.68. The fraction of sp³-hybridized carbons (Fsp3) is 0.333. The molecule has 0 aliphatic carbocycles. The summed E-state index contributed by atoms with van der Waals surface area (Å²) in [4.78, 5) is 12.4. The summed E-state index contributed by atoms with van der Waals surface area (Å²) >= 11 is 6.99. The van der Waals surface area contributed by atoms with Gasteiger partial charge >= 0.3 is 0 Å². The van der Waals surface area contributed by atoms with E-state index in [0.717, 1.165) is 37.9 Å². The van der Waals surface area contributed by atoms with E-state index in [-0.39, 0.29) is 5.78 Å². The molecule has 0 spiro atoms. The molecule has 0 unspecified atom stereocenters. The molecule has 106 valence electrons. The molecule has 0 aliphatic rings. The monoisotopic (exact) mass is 398 g/mol. The highest BCUT2D eigenvalue weighted by Crippen LogP contribution is 2.24. The topological polar surface area (TPSA) is 34.9 Å². The summed E-state index contributed by atoms with van der Waals surface area (Å²) in [5.41, 5.74) is 3.71. The third-order valence-electron chi connectivity index (χ3n) is 3.31. The molecule has 3 nitrogen and oxygen atoms in total. The summed E-state index contributed by atoms with van der Waals surface area (Å²) in [7, 11) is 1.87. The number of ketones is 1. The summed E-state index contributed by atoms with van der Waals surface area (Å²) in [6.45, 7) is 4.03. The third-order valence-corrected chi connectivity index (χ3v) is 5.12. The third kappa shape index (κ3) is 3.04. The zero-order chi connectivity index (χ0) is 14.9. The number of hydrogen-bond acceptors (Lipinski definition) is 2. The van der Waals surface area contributed by atoms with Gasteiger partial charge in [-0.1, -0.05) is 28.9 Å². The average molecular weight is 400 g/mol. The molecule has 0 saturated heterocycles. The highest BCUT2D eigenvalue weighted by atomic mass is 79.9. The maximum Gasteiger partial charge on any atom is 0.168 e. The Morgan fingerprint density at radius 1 is 1.35 bits per heavy atom. The van der Waals surface area contributed by atoms with Gasteiger partial charge in [-0.3, -0.25) is 9.48 Å². The standard InChI is InChI=1S/C15H16Br2N2O/c1-4-12-15(17)13(19(3)18-12)8-14(20)10-5-6-11(16)9(2)7-10/h5-7H,4,8H2,1-3H3. The number of aromatic nitrogens is 2. The minimum atomic E-state index is 0.104. The van der Waals surface area contributed by atoms with Crippen LogP contribution in [0.1, 0.15) is 34.2 Å². The number of hydrogen-bond donors (Lipinski definition) is 0. The number of aryl methyl sites for hydroxylation is 3. The SMILES string of the molecule is CCc1nn(C)c(CC(=O)c2ccc(Br)c(C)c2)c1Br. The molecule has 0 fully saturated rings. The number of nitrogens with zero attached hydrogens (tertiary/aromatic N) is 2. The van der Waals surface area contributed by atoms with Crippen molar-refractivity contribution in [2.24, 2.45) is 7.05 Å². The maximum absolute atomic E-state index is 12.4. The van der Waals surface area contributed by atoms with Crippen molar-refractivity contribution >= 4 is 37.6 Å². The second kappa shape index (κ2) is 6.22. The largest absolute Gasteiger partial charge is 0.294 e. The Morgan fingerprint density at radius 3 is 2.60 bits per heavy atom. The molecule has 0 saturated carbocycles. The van der Waals surface area contributed by atoms with Crippen molar-refractivity contribution in [1.82, 2.24) is 9.78 Å². The Morgan fingerprint density at radius 2 is 2.05 bits per heavy atom. The lowest BCUT2D eigenvalue weighted by Gasteiger charge is -2.05. The lowest BCUT2D eigenvalue weighted by molar-refractivity contribution is 0.0990. The molecule has 20 heavy (non-hydrogen) atoms. The lowest BCUT2D eigenvalue weighted by atomic mass is 10.0. The normalized spacial score (nSPS) is 10.8. The molecule has 0 atom stereocenters. The number of rotatable bonds is 4. The lowest BCUT2D eigenvalue weighted by Crippen LogP contribution is -2.08. The van der Waals surface area contributed by atoms with Crippen molar-refractivity contribution in [2.75, 3.05) is 0 Å². The van der Waals surface area contributed by atoms with Crippen LogP contribution in [0.15, 0.2) is 27.1 Å². The molecule has 0 N–H and O–H groups in total. The summed E-state index contributed by atoms with van der Waals surface area (Å²) < 4.78 is 3.75. The van der Waals surface area contributed by atoms with Crippen LogP contribution in [0.3, 0.4) is 0 Å². The predicted octanol–water partition coefficient (Wildman–Crippen LogP) is 4.24. The smallest absolute Gasteiger partial charge is 0.168 e. The van der Waals surface area contributed by atoms with E-state index < -0.39 is 0 Å². The van der Waals surface area contributed by atoms with Crippen molar-refractivity contribution < 1.29 is 4.79 Å². The van der Waals surface area contributed by atoms with E-state index in [9.17, 15) is 4.79 Å².